The van der Waals surface area contributed by atoms with Crippen molar-refractivity contribution in [3.05, 3.63) is 63.6 Å². The number of hydrogen-bond acceptors (Lipinski definition) is 3. The van der Waals surface area contributed by atoms with Gasteiger partial charge in [-0.05, 0) is 48.4 Å². The van der Waals surface area contributed by atoms with Gasteiger partial charge in [0.05, 0.1) is 13.7 Å². The molecule has 0 fully saturated rings. The minimum Gasteiger partial charge on any atom is -0.497 e. The molecule has 0 radical (unpaired) electrons. The van der Waals surface area contributed by atoms with Crippen LogP contribution in [0.15, 0.2) is 42.5 Å². The fourth-order valence-corrected chi connectivity index (χ4v) is 2.63. The predicted octanol–water partition coefficient (Wildman–Crippen LogP) is 3.09. The summed E-state index contributed by atoms with van der Waals surface area (Å²) < 4.78 is 5.03. The van der Waals surface area contributed by atoms with Crippen LogP contribution >= 0.6 is 23.2 Å². The van der Waals surface area contributed by atoms with Crippen molar-refractivity contribution < 1.29 is 14.3 Å². The highest BCUT2D eigenvalue weighted by molar-refractivity contribution is 6.35. The van der Waals surface area contributed by atoms with Gasteiger partial charge in [0.15, 0.2) is 0 Å². The molecule has 5 nitrogen and oxygen atoms in total. The Morgan fingerprint density at radius 3 is 2.40 bits per heavy atom. The third kappa shape index (κ3) is 5.96. The Kier molecular flexibility index (Phi) is 7.10. The fourth-order valence-electron chi connectivity index (χ4n) is 2.13. The Hall–Kier alpha value is -2.24. The summed E-state index contributed by atoms with van der Waals surface area (Å²) >= 11 is 11.9. The molecule has 0 spiro atoms. The smallest absolute Gasteiger partial charge is 0.251 e. The van der Waals surface area contributed by atoms with Crippen molar-refractivity contribution in [3.8, 4) is 5.75 Å². The van der Waals surface area contributed by atoms with E-state index in [0.29, 0.717) is 34.3 Å². The van der Waals surface area contributed by atoms with E-state index in [1.807, 2.05) is 6.07 Å². The zero-order chi connectivity index (χ0) is 18.2. The minimum atomic E-state index is -0.321. The normalized spacial score (nSPS) is 10.2. The molecule has 2 aromatic rings. The van der Waals surface area contributed by atoms with Crippen LogP contribution in [0.3, 0.4) is 0 Å². The molecule has 0 unspecified atom stereocenters. The molecule has 0 heterocycles. The highest BCUT2D eigenvalue weighted by Crippen LogP contribution is 2.21. The fraction of sp³-hybridized carbons (Fsp3) is 0.222. The third-order valence-electron chi connectivity index (χ3n) is 3.49. The molecule has 2 aromatic carbocycles. The van der Waals surface area contributed by atoms with Gasteiger partial charge in [-0.25, -0.2) is 0 Å². The number of carbonyl (C=O) groups is 2. The van der Waals surface area contributed by atoms with E-state index in [1.54, 1.807) is 43.5 Å². The van der Waals surface area contributed by atoms with Crippen LogP contribution in [-0.4, -0.2) is 32.0 Å². The highest BCUT2D eigenvalue weighted by Gasteiger charge is 2.08. The number of ether oxygens (including phenoxy) is 1. The summed E-state index contributed by atoms with van der Waals surface area (Å²) in [4.78, 5) is 23.8. The second-order valence-corrected chi connectivity index (χ2v) is 6.09. The Balaban J connectivity index is 1.73. The Morgan fingerprint density at radius 1 is 1.04 bits per heavy atom. The maximum Gasteiger partial charge on any atom is 0.251 e. The van der Waals surface area contributed by atoms with Crippen LogP contribution in [0.25, 0.3) is 0 Å². The number of nitrogens with one attached hydrogen (secondary N) is 2. The van der Waals surface area contributed by atoms with E-state index in [1.165, 1.54) is 0 Å². The summed E-state index contributed by atoms with van der Waals surface area (Å²) in [6.45, 7) is 0.317. The zero-order valence-electron chi connectivity index (χ0n) is 13.6. The second-order valence-electron chi connectivity index (χ2n) is 5.25. The summed E-state index contributed by atoms with van der Waals surface area (Å²) in [6.07, 6.45) is 0.578. The van der Waals surface area contributed by atoms with E-state index in [0.717, 1.165) is 5.56 Å². The number of rotatable bonds is 7. The van der Waals surface area contributed by atoms with E-state index in [-0.39, 0.29) is 18.4 Å². The molecule has 2 amide bonds. The molecule has 0 bridgehead atoms. The van der Waals surface area contributed by atoms with Gasteiger partial charge in [0.2, 0.25) is 5.91 Å². The van der Waals surface area contributed by atoms with Gasteiger partial charge in [-0.2, -0.15) is 0 Å². The minimum absolute atomic E-state index is 0.0980. The zero-order valence-corrected chi connectivity index (χ0v) is 15.2. The standard InChI is InChI=1S/C18H18Cl2N2O3/c1-25-15-6-3-13(4-7-15)18(24)22-11-17(23)21-9-8-12-2-5-14(19)10-16(12)20/h2-7,10H,8-9,11H2,1H3,(H,21,23)(H,22,24). The SMILES string of the molecule is COc1ccc(C(=O)NCC(=O)NCCc2ccc(Cl)cc2Cl)cc1. The number of amides is 2. The average Bonchev–Trinajstić information content (AvgIpc) is 2.61. The van der Waals surface area contributed by atoms with Crippen LogP contribution in [-0.2, 0) is 11.2 Å². The van der Waals surface area contributed by atoms with E-state index >= 15 is 0 Å². The molecule has 0 aliphatic rings. The number of halogens is 2. The molecule has 0 saturated carbocycles. The molecule has 25 heavy (non-hydrogen) atoms. The van der Waals surface area contributed by atoms with Crippen molar-refractivity contribution in [2.45, 2.75) is 6.42 Å². The number of carbonyl (C=O) groups excluding carboxylic acids is 2. The third-order valence-corrected chi connectivity index (χ3v) is 4.08. The van der Waals surface area contributed by atoms with E-state index in [9.17, 15) is 9.59 Å². The van der Waals surface area contributed by atoms with Gasteiger partial charge in [0.25, 0.3) is 5.91 Å². The van der Waals surface area contributed by atoms with Crippen molar-refractivity contribution in [1.29, 1.82) is 0 Å². The van der Waals surface area contributed by atoms with Gasteiger partial charge >= 0.3 is 0 Å². The van der Waals surface area contributed by atoms with Crippen molar-refractivity contribution in [1.82, 2.24) is 10.6 Å². The maximum atomic E-state index is 12.0. The first-order valence-corrected chi connectivity index (χ1v) is 8.38. The summed E-state index contributed by atoms with van der Waals surface area (Å²) in [7, 11) is 1.55. The molecular weight excluding hydrogens is 363 g/mol. The van der Waals surface area contributed by atoms with E-state index in [4.69, 9.17) is 27.9 Å². The monoisotopic (exact) mass is 380 g/mol. The van der Waals surface area contributed by atoms with E-state index in [2.05, 4.69) is 10.6 Å². The van der Waals surface area contributed by atoms with Gasteiger partial charge < -0.3 is 15.4 Å². The largest absolute Gasteiger partial charge is 0.497 e. The van der Waals surface area contributed by atoms with Crippen LogP contribution in [0, 0.1) is 0 Å². The molecule has 132 valence electrons. The van der Waals surface area contributed by atoms with Crippen molar-refractivity contribution in [2.24, 2.45) is 0 Å². The Labute approximate surface area is 156 Å². The van der Waals surface area contributed by atoms with Gasteiger partial charge in [-0.1, -0.05) is 29.3 Å². The van der Waals surface area contributed by atoms with Crippen molar-refractivity contribution in [3.63, 3.8) is 0 Å². The number of methoxy groups -OCH3 is 1. The molecule has 0 aromatic heterocycles. The molecule has 2 N–H and O–H groups in total. The van der Waals surface area contributed by atoms with Crippen molar-refractivity contribution in [2.75, 3.05) is 20.2 Å². The molecule has 0 aliphatic heterocycles. The molecule has 0 saturated heterocycles. The van der Waals surface area contributed by atoms with Crippen molar-refractivity contribution >= 4 is 35.0 Å². The first-order valence-electron chi connectivity index (χ1n) is 7.62. The maximum absolute atomic E-state index is 12.0. The van der Waals surface area contributed by atoms with Crippen LogP contribution < -0.4 is 15.4 Å². The summed E-state index contributed by atoms with van der Waals surface area (Å²) in [5.74, 6) is 0.0700. The molecular formula is C18H18Cl2N2O3. The van der Waals surface area contributed by atoms with Gasteiger partial charge in [0, 0.05) is 22.2 Å². The summed E-state index contributed by atoms with van der Waals surface area (Å²) in [5.41, 5.74) is 1.36. The van der Waals surface area contributed by atoms with Crippen LogP contribution in [0.4, 0.5) is 0 Å². The predicted molar refractivity (Wildman–Crippen MR) is 98.5 cm³/mol. The van der Waals surface area contributed by atoms with Crippen LogP contribution in [0.5, 0.6) is 5.75 Å². The lowest BCUT2D eigenvalue weighted by Crippen LogP contribution is -2.37. The number of hydrogen-bond donors (Lipinski definition) is 2. The van der Waals surface area contributed by atoms with E-state index < -0.39 is 0 Å². The lowest BCUT2D eigenvalue weighted by atomic mass is 10.1. The molecule has 0 aliphatic carbocycles. The van der Waals surface area contributed by atoms with Gasteiger partial charge in [-0.3, -0.25) is 9.59 Å². The van der Waals surface area contributed by atoms with Gasteiger partial charge in [0.1, 0.15) is 5.75 Å². The quantitative estimate of drug-likeness (QED) is 0.775. The summed E-state index contributed by atoms with van der Waals surface area (Å²) in [5, 5.41) is 6.43. The second kappa shape index (κ2) is 9.30. The molecule has 2 rings (SSSR count). The first-order chi connectivity index (χ1) is 12.0. The Bertz CT molecular complexity index is 748. The highest BCUT2D eigenvalue weighted by atomic mass is 35.5. The topological polar surface area (TPSA) is 67.4 Å². The van der Waals surface area contributed by atoms with Gasteiger partial charge in [-0.15, -0.1) is 0 Å². The number of benzene rings is 2. The van der Waals surface area contributed by atoms with Crippen LogP contribution in [0.2, 0.25) is 10.0 Å². The van der Waals surface area contributed by atoms with Crippen LogP contribution in [0.1, 0.15) is 15.9 Å². The molecule has 7 heteroatoms. The summed E-state index contributed by atoms with van der Waals surface area (Å²) in [6, 6.07) is 11.9. The Morgan fingerprint density at radius 2 is 1.76 bits per heavy atom. The molecule has 0 atom stereocenters. The lowest BCUT2D eigenvalue weighted by molar-refractivity contribution is -0.120. The average molecular weight is 381 g/mol. The lowest BCUT2D eigenvalue weighted by Gasteiger charge is -2.08. The first kappa shape index (κ1) is 19.1.